The first-order valence-electron chi connectivity index (χ1n) is 7.68. The smallest absolute Gasteiger partial charge is 0.254 e. The quantitative estimate of drug-likeness (QED) is 0.614. The predicted molar refractivity (Wildman–Crippen MR) is 97.4 cm³/mol. The summed E-state index contributed by atoms with van der Waals surface area (Å²) in [5.41, 5.74) is 0.600. The monoisotopic (exact) mass is 410 g/mol. The Bertz CT molecular complexity index is 729. The van der Waals surface area contributed by atoms with Crippen LogP contribution >= 0.6 is 27.7 Å². The number of carbonyl (C=O) groups excluding carboxylic acids is 1. The van der Waals surface area contributed by atoms with Crippen molar-refractivity contribution in [2.24, 2.45) is 7.05 Å². The number of aromatic nitrogens is 4. The molecule has 0 spiro atoms. The van der Waals surface area contributed by atoms with E-state index in [4.69, 9.17) is 0 Å². The number of amides is 1. The summed E-state index contributed by atoms with van der Waals surface area (Å²) in [6.07, 6.45) is 8.85. The molecule has 1 amide bonds. The van der Waals surface area contributed by atoms with Crippen LogP contribution in [-0.4, -0.2) is 51.0 Å². The van der Waals surface area contributed by atoms with Gasteiger partial charge in [-0.1, -0.05) is 11.8 Å². The minimum atomic E-state index is -0.0607. The summed E-state index contributed by atoms with van der Waals surface area (Å²) in [5, 5.41) is 7.89. The number of aryl methyl sites for hydroxylation is 1. The molecule has 1 N–H and O–H groups in total. The fourth-order valence-electron chi connectivity index (χ4n) is 2.71. The molecule has 2 aromatic rings. The van der Waals surface area contributed by atoms with Gasteiger partial charge in [0.15, 0.2) is 5.16 Å². The summed E-state index contributed by atoms with van der Waals surface area (Å²) in [7, 11) is 1.80. The zero-order valence-electron chi connectivity index (χ0n) is 13.6. The normalized spacial score (nSPS) is 15.5. The number of hydrogen-bond donors (Lipinski definition) is 1. The second-order valence-corrected chi connectivity index (χ2v) is 7.29. The molecule has 2 aromatic heterocycles. The van der Waals surface area contributed by atoms with Crippen LogP contribution in [0, 0.1) is 0 Å². The zero-order chi connectivity index (χ0) is 17.1. The fraction of sp³-hybridized carbons (Fsp3) is 0.467. The molecule has 0 saturated carbocycles. The highest BCUT2D eigenvalue weighted by molar-refractivity contribution is 9.10. The van der Waals surface area contributed by atoms with Crippen molar-refractivity contribution in [1.82, 2.24) is 25.1 Å². The largest absolute Gasteiger partial charge is 0.355 e. The van der Waals surface area contributed by atoms with Crippen LogP contribution in [0.1, 0.15) is 23.2 Å². The number of thioether (sulfide) groups is 1. The lowest BCUT2D eigenvalue weighted by Crippen LogP contribution is -2.45. The molecule has 24 heavy (non-hydrogen) atoms. The third-order valence-corrected chi connectivity index (χ3v) is 5.10. The second kappa shape index (κ2) is 7.52. The molecule has 3 rings (SSSR count). The summed E-state index contributed by atoms with van der Waals surface area (Å²) in [6, 6.07) is 0.176. The van der Waals surface area contributed by atoms with Crippen LogP contribution in [0.4, 0.5) is 5.82 Å². The number of anilines is 1. The SMILES string of the molecule is CSc1ncc(Br)c(N2CCC(NC(=O)c3cnn(C)c3)CC2)n1. The summed E-state index contributed by atoms with van der Waals surface area (Å²) in [4.78, 5) is 23.3. The maximum Gasteiger partial charge on any atom is 0.254 e. The van der Waals surface area contributed by atoms with Crippen LogP contribution in [-0.2, 0) is 7.05 Å². The Kier molecular flexibility index (Phi) is 5.40. The lowest BCUT2D eigenvalue weighted by molar-refractivity contribution is 0.0931. The van der Waals surface area contributed by atoms with E-state index in [1.54, 1.807) is 30.3 Å². The van der Waals surface area contributed by atoms with Crippen LogP contribution in [0.15, 0.2) is 28.2 Å². The van der Waals surface area contributed by atoms with Crippen molar-refractivity contribution in [3.05, 3.63) is 28.6 Å². The molecule has 0 radical (unpaired) electrons. The van der Waals surface area contributed by atoms with Crippen LogP contribution in [0.5, 0.6) is 0 Å². The van der Waals surface area contributed by atoms with Gasteiger partial charge in [0.1, 0.15) is 5.82 Å². The van der Waals surface area contributed by atoms with Gasteiger partial charge in [-0.3, -0.25) is 9.48 Å². The Labute approximate surface area is 153 Å². The standard InChI is InChI=1S/C15H19BrN6OS/c1-21-9-10(7-18-21)14(23)19-11-3-5-22(6-4-11)13-12(16)8-17-15(20-13)24-2/h7-9,11H,3-6H2,1-2H3,(H,19,23). The van der Waals surface area contributed by atoms with Crippen molar-refractivity contribution in [1.29, 1.82) is 0 Å². The Morgan fingerprint density at radius 1 is 1.38 bits per heavy atom. The van der Waals surface area contributed by atoms with Gasteiger partial charge in [-0.15, -0.1) is 0 Å². The molecule has 1 aliphatic heterocycles. The lowest BCUT2D eigenvalue weighted by atomic mass is 10.0. The molecule has 0 atom stereocenters. The van der Waals surface area contributed by atoms with E-state index in [0.717, 1.165) is 41.4 Å². The van der Waals surface area contributed by atoms with Crippen molar-refractivity contribution in [3.8, 4) is 0 Å². The number of halogens is 1. The van der Waals surface area contributed by atoms with E-state index in [-0.39, 0.29) is 11.9 Å². The molecule has 1 saturated heterocycles. The third kappa shape index (κ3) is 3.89. The van der Waals surface area contributed by atoms with Gasteiger partial charge in [0, 0.05) is 38.6 Å². The summed E-state index contributed by atoms with van der Waals surface area (Å²) in [5.74, 6) is 0.862. The Balaban J connectivity index is 1.59. The first kappa shape index (κ1) is 17.2. The molecule has 3 heterocycles. The third-order valence-electron chi connectivity index (χ3n) is 3.98. The maximum absolute atomic E-state index is 12.2. The number of piperidine rings is 1. The molecule has 0 bridgehead atoms. The Morgan fingerprint density at radius 2 is 2.12 bits per heavy atom. The Morgan fingerprint density at radius 3 is 2.75 bits per heavy atom. The van der Waals surface area contributed by atoms with Gasteiger partial charge < -0.3 is 10.2 Å². The molecular weight excluding hydrogens is 392 g/mol. The Hall–Kier alpha value is -1.61. The number of nitrogens with one attached hydrogen (secondary N) is 1. The number of nitrogens with zero attached hydrogens (tertiary/aromatic N) is 5. The average Bonchev–Trinajstić information content (AvgIpc) is 3.03. The first-order valence-corrected chi connectivity index (χ1v) is 9.69. The molecule has 0 aliphatic carbocycles. The molecule has 0 unspecified atom stereocenters. The molecule has 128 valence electrons. The number of hydrogen-bond acceptors (Lipinski definition) is 6. The van der Waals surface area contributed by atoms with Crippen LogP contribution in [0.3, 0.4) is 0 Å². The van der Waals surface area contributed by atoms with E-state index in [1.165, 1.54) is 11.8 Å². The van der Waals surface area contributed by atoms with E-state index >= 15 is 0 Å². The fourth-order valence-corrected chi connectivity index (χ4v) is 3.48. The van der Waals surface area contributed by atoms with Gasteiger partial charge in [0.2, 0.25) is 0 Å². The highest BCUT2D eigenvalue weighted by Crippen LogP contribution is 2.27. The average molecular weight is 411 g/mol. The maximum atomic E-state index is 12.2. The van der Waals surface area contributed by atoms with Gasteiger partial charge in [-0.25, -0.2) is 9.97 Å². The van der Waals surface area contributed by atoms with E-state index in [9.17, 15) is 4.79 Å². The topological polar surface area (TPSA) is 75.9 Å². The predicted octanol–water partition coefficient (Wildman–Crippen LogP) is 2.09. The zero-order valence-corrected chi connectivity index (χ0v) is 16.0. The van der Waals surface area contributed by atoms with Crippen molar-refractivity contribution >= 4 is 39.4 Å². The van der Waals surface area contributed by atoms with Crippen molar-refractivity contribution in [3.63, 3.8) is 0 Å². The van der Waals surface area contributed by atoms with E-state index < -0.39 is 0 Å². The van der Waals surface area contributed by atoms with Crippen LogP contribution < -0.4 is 10.2 Å². The minimum Gasteiger partial charge on any atom is -0.355 e. The van der Waals surface area contributed by atoms with Crippen molar-refractivity contribution < 1.29 is 4.79 Å². The van der Waals surface area contributed by atoms with Gasteiger partial charge in [-0.05, 0) is 35.0 Å². The molecule has 9 heteroatoms. The van der Waals surface area contributed by atoms with Crippen LogP contribution in [0.2, 0.25) is 0 Å². The van der Waals surface area contributed by atoms with Crippen molar-refractivity contribution in [2.75, 3.05) is 24.2 Å². The van der Waals surface area contributed by atoms with Gasteiger partial charge >= 0.3 is 0 Å². The second-order valence-electron chi connectivity index (χ2n) is 5.67. The molecular formula is C15H19BrN6OS. The summed E-state index contributed by atoms with van der Waals surface area (Å²) >= 11 is 5.06. The van der Waals surface area contributed by atoms with E-state index in [0.29, 0.717) is 5.56 Å². The summed E-state index contributed by atoms with van der Waals surface area (Å²) in [6.45, 7) is 1.70. The highest BCUT2D eigenvalue weighted by Gasteiger charge is 2.24. The first-order chi connectivity index (χ1) is 11.6. The molecule has 1 aliphatic rings. The molecule has 1 fully saturated rings. The van der Waals surface area contributed by atoms with Crippen LogP contribution in [0.25, 0.3) is 0 Å². The summed E-state index contributed by atoms with van der Waals surface area (Å²) < 4.78 is 2.53. The highest BCUT2D eigenvalue weighted by atomic mass is 79.9. The van der Waals surface area contributed by atoms with Gasteiger partial charge in [0.05, 0.1) is 16.2 Å². The van der Waals surface area contributed by atoms with Gasteiger partial charge in [0.25, 0.3) is 5.91 Å². The van der Waals surface area contributed by atoms with Gasteiger partial charge in [-0.2, -0.15) is 5.10 Å². The minimum absolute atomic E-state index is 0.0607. The van der Waals surface area contributed by atoms with E-state index in [1.807, 2.05) is 6.26 Å². The lowest BCUT2D eigenvalue weighted by Gasteiger charge is -2.33. The number of rotatable bonds is 4. The number of carbonyl (C=O) groups is 1. The van der Waals surface area contributed by atoms with Crippen molar-refractivity contribution in [2.45, 2.75) is 24.0 Å². The molecule has 0 aromatic carbocycles. The molecule has 7 nitrogen and oxygen atoms in total. The van der Waals surface area contributed by atoms with E-state index in [2.05, 4.69) is 41.2 Å².